The minimum absolute atomic E-state index is 0.669. The van der Waals surface area contributed by atoms with Gasteiger partial charge in [-0.15, -0.1) is 11.3 Å². The lowest BCUT2D eigenvalue weighted by Crippen LogP contribution is -2.20. The van der Waals surface area contributed by atoms with E-state index < -0.39 is 0 Å². The highest BCUT2D eigenvalue weighted by molar-refractivity contribution is 7.12. The summed E-state index contributed by atoms with van der Waals surface area (Å²) in [4.78, 5) is 2.79. The van der Waals surface area contributed by atoms with Crippen LogP contribution >= 0.6 is 11.3 Å². The Morgan fingerprint density at radius 1 is 1.25 bits per heavy atom. The van der Waals surface area contributed by atoms with Crippen molar-refractivity contribution in [2.45, 2.75) is 20.4 Å². The number of thiophene rings is 1. The van der Waals surface area contributed by atoms with Crippen LogP contribution in [0.1, 0.15) is 15.3 Å². The van der Waals surface area contributed by atoms with Crippen molar-refractivity contribution in [3.63, 3.8) is 0 Å². The Morgan fingerprint density at radius 2 is 2.06 bits per heavy atom. The van der Waals surface area contributed by atoms with Gasteiger partial charge in [0.1, 0.15) is 0 Å². The molecule has 0 bridgehead atoms. The van der Waals surface area contributed by atoms with Crippen LogP contribution < -0.4 is 5.32 Å². The van der Waals surface area contributed by atoms with Gasteiger partial charge in [0.05, 0.1) is 19.8 Å². The summed E-state index contributed by atoms with van der Waals surface area (Å²) in [5, 5.41) is 3.37. The second-order valence-electron chi connectivity index (χ2n) is 3.72. The second-order valence-corrected chi connectivity index (χ2v) is 5.18. The third kappa shape index (κ3) is 5.07. The number of nitrogens with one attached hydrogen (secondary N) is 1. The Bertz CT molecular complexity index is 299. The lowest BCUT2D eigenvalue weighted by molar-refractivity contribution is 0.0719. The van der Waals surface area contributed by atoms with Crippen LogP contribution in [0.3, 0.4) is 0 Å². The summed E-state index contributed by atoms with van der Waals surface area (Å²) >= 11 is 1.86. The quantitative estimate of drug-likeness (QED) is 0.709. The van der Waals surface area contributed by atoms with Crippen LogP contribution in [0.15, 0.2) is 6.07 Å². The van der Waals surface area contributed by atoms with Crippen LogP contribution in [0.5, 0.6) is 0 Å². The summed E-state index contributed by atoms with van der Waals surface area (Å²) in [6.07, 6.45) is 0. The maximum Gasteiger partial charge on any atom is 0.0700 e. The second kappa shape index (κ2) is 7.79. The largest absolute Gasteiger partial charge is 0.382 e. The van der Waals surface area contributed by atoms with Crippen molar-refractivity contribution in [3.05, 3.63) is 21.4 Å². The normalized spacial score (nSPS) is 10.9. The van der Waals surface area contributed by atoms with Gasteiger partial charge in [0.15, 0.2) is 0 Å². The molecule has 16 heavy (non-hydrogen) atoms. The third-order valence-electron chi connectivity index (χ3n) is 2.31. The molecule has 92 valence electrons. The molecule has 3 nitrogen and oxygen atoms in total. The third-order valence-corrected chi connectivity index (χ3v) is 3.32. The van der Waals surface area contributed by atoms with Crippen molar-refractivity contribution < 1.29 is 9.47 Å². The van der Waals surface area contributed by atoms with Crippen LogP contribution in [-0.4, -0.2) is 33.5 Å². The Morgan fingerprint density at radius 3 is 2.69 bits per heavy atom. The van der Waals surface area contributed by atoms with E-state index in [9.17, 15) is 0 Å². The number of hydrogen-bond donors (Lipinski definition) is 1. The molecular formula is C12H21NO2S. The highest BCUT2D eigenvalue weighted by atomic mass is 32.1. The molecule has 0 aromatic carbocycles. The van der Waals surface area contributed by atoms with E-state index in [-0.39, 0.29) is 0 Å². The average Bonchev–Trinajstić information content (AvgIpc) is 2.56. The van der Waals surface area contributed by atoms with Gasteiger partial charge < -0.3 is 14.8 Å². The summed E-state index contributed by atoms with van der Waals surface area (Å²) in [7, 11) is 1.68. The molecule has 1 N–H and O–H groups in total. The molecule has 0 saturated carbocycles. The maximum atomic E-state index is 5.36. The van der Waals surface area contributed by atoms with Crippen LogP contribution in [0.25, 0.3) is 0 Å². The van der Waals surface area contributed by atoms with Gasteiger partial charge in [0, 0.05) is 30.0 Å². The van der Waals surface area contributed by atoms with Gasteiger partial charge in [-0.1, -0.05) is 0 Å². The lowest BCUT2D eigenvalue weighted by atomic mass is 10.2. The predicted octanol–water partition coefficient (Wildman–Crippen LogP) is 2.12. The van der Waals surface area contributed by atoms with E-state index in [0.29, 0.717) is 13.2 Å². The highest BCUT2D eigenvalue weighted by Crippen LogP contribution is 2.19. The fraction of sp³-hybridized carbons (Fsp3) is 0.667. The molecule has 0 unspecified atom stereocenters. The zero-order valence-electron chi connectivity index (χ0n) is 10.3. The Kier molecular flexibility index (Phi) is 6.64. The minimum atomic E-state index is 0.669. The molecular weight excluding hydrogens is 222 g/mol. The lowest BCUT2D eigenvalue weighted by Gasteiger charge is -2.05. The fourth-order valence-electron chi connectivity index (χ4n) is 1.47. The Balaban J connectivity index is 2.05. The van der Waals surface area contributed by atoms with Gasteiger partial charge in [-0.25, -0.2) is 0 Å². The first kappa shape index (κ1) is 13.6. The predicted molar refractivity (Wildman–Crippen MR) is 68.2 cm³/mol. The molecule has 0 amide bonds. The molecule has 0 atom stereocenters. The first-order valence-electron chi connectivity index (χ1n) is 5.57. The van der Waals surface area contributed by atoms with E-state index in [1.54, 1.807) is 7.11 Å². The summed E-state index contributed by atoms with van der Waals surface area (Å²) in [6, 6.07) is 2.25. The Hall–Kier alpha value is -0.420. The van der Waals surface area contributed by atoms with E-state index in [2.05, 4.69) is 25.2 Å². The Labute approximate surface area is 102 Å². The van der Waals surface area contributed by atoms with Crippen molar-refractivity contribution >= 4 is 11.3 Å². The molecule has 0 aliphatic rings. The molecule has 0 radical (unpaired) electrons. The maximum absolute atomic E-state index is 5.36. The molecule has 0 aliphatic heterocycles. The molecule has 4 heteroatoms. The summed E-state index contributed by atoms with van der Waals surface area (Å²) in [6.45, 7) is 8.23. The standard InChI is InChI=1S/C12H21NO2S/c1-10-8-12(11(2)16-10)9-13-4-5-15-7-6-14-3/h8,13H,4-7,9H2,1-3H3. The van der Waals surface area contributed by atoms with Crippen LogP contribution in [0.2, 0.25) is 0 Å². The van der Waals surface area contributed by atoms with Crippen molar-refractivity contribution in [1.82, 2.24) is 5.32 Å². The molecule has 0 aliphatic carbocycles. The molecule has 1 aromatic rings. The van der Waals surface area contributed by atoms with E-state index in [0.717, 1.165) is 19.7 Å². The first-order valence-corrected chi connectivity index (χ1v) is 6.39. The minimum Gasteiger partial charge on any atom is -0.382 e. The van der Waals surface area contributed by atoms with Gasteiger partial charge in [-0.05, 0) is 25.5 Å². The molecule has 0 saturated heterocycles. The zero-order valence-corrected chi connectivity index (χ0v) is 11.2. The van der Waals surface area contributed by atoms with Crippen molar-refractivity contribution in [2.75, 3.05) is 33.5 Å². The van der Waals surface area contributed by atoms with Crippen LogP contribution in [0.4, 0.5) is 0 Å². The van der Waals surface area contributed by atoms with Crippen molar-refractivity contribution in [1.29, 1.82) is 0 Å². The van der Waals surface area contributed by atoms with E-state index in [1.165, 1.54) is 15.3 Å². The first-order chi connectivity index (χ1) is 7.74. The smallest absolute Gasteiger partial charge is 0.0700 e. The van der Waals surface area contributed by atoms with Crippen LogP contribution in [-0.2, 0) is 16.0 Å². The number of ether oxygens (including phenoxy) is 2. The summed E-state index contributed by atoms with van der Waals surface area (Å²) in [5.74, 6) is 0. The topological polar surface area (TPSA) is 30.5 Å². The van der Waals surface area contributed by atoms with E-state index in [1.807, 2.05) is 11.3 Å². The zero-order chi connectivity index (χ0) is 11.8. The number of aryl methyl sites for hydroxylation is 2. The van der Waals surface area contributed by atoms with Gasteiger partial charge >= 0.3 is 0 Å². The van der Waals surface area contributed by atoms with Gasteiger partial charge in [0.2, 0.25) is 0 Å². The van der Waals surface area contributed by atoms with Crippen molar-refractivity contribution in [2.24, 2.45) is 0 Å². The molecule has 0 spiro atoms. The molecule has 0 fully saturated rings. The number of hydrogen-bond acceptors (Lipinski definition) is 4. The fourth-order valence-corrected chi connectivity index (χ4v) is 2.42. The van der Waals surface area contributed by atoms with Gasteiger partial charge in [0.25, 0.3) is 0 Å². The van der Waals surface area contributed by atoms with E-state index in [4.69, 9.17) is 9.47 Å². The van der Waals surface area contributed by atoms with Gasteiger partial charge in [-0.2, -0.15) is 0 Å². The van der Waals surface area contributed by atoms with Crippen LogP contribution in [0, 0.1) is 13.8 Å². The molecule has 1 rings (SSSR count). The summed E-state index contributed by atoms with van der Waals surface area (Å²) < 4.78 is 10.3. The molecule has 1 aromatic heterocycles. The van der Waals surface area contributed by atoms with E-state index >= 15 is 0 Å². The SMILES string of the molecule is COCCOCCNCc1cc(C)sc1C. The molecule has 1 heterocycles. The highest BCUT2D eigenvalue weighted by Gasteiger charge is 2.01. The summed E-state index contributed by atoms with van der Waals surface area (Å²) in [5.41, 5.74) is 1.40. The monoisotopic (exact) mass is 243 g/mol. The van der Waals surface area contributed by atoms with Crippen molar-refractivity contribution in [3.8, 4) is 0 Å². The number of methoxy groups -OCH3 is 1. The number of rotatable bonds is 8. The average molecular weight is 243 g/mol. The van der Waals surface area contributed by atoms with Gasteiger partial charge in [-0.3, -0.25) is 0 Å².